The van der Waals surface area contributed by atoms with E-state index >= 15 is 0 Å². The molecular weight excluding hydrogens is 228 g/mol. The Kier molecular flexibility index (Phi) is 15600. The van der Waals surface area contributed by atoms with Crippen LogP contribution in [0.4, 0.5) is 0 Å². The normalized spacial score (nSPS) is 0.800. The molecule has 0 aromatic heterocycles. The molecule has 0 bridgehead atoms. The molecule has 0 saturated carbocycles. The fourth-order valence-corrected chi connectivity index (χ4v) is 0. The van der Waals surface area contributed by atoms with Crippen LogP contribution in [-0.2, 0) is 19.5 Å². The molecule has 0 rings (SSSR count). The van der Waals surface area contributed by atoms with Crippen molar-refractivity contribution < 1.29 is 49.0 Å². The van der Waals surface area contributed by atoms with E-state index in [2.05, 4.69) is 0 Å². The van der Waals surface area contributed by atoms with Crippen LogP contribution in [-0.4, -0.2) is 0 Å². The number of hydrogen-bond donors (Lipinski definition) is 0. The van der Waals surface area contributed by atoms with Gasteiger partial charge in [0.25, 0.3) is 0 Å². The molecule has 0 spiro atoms. The first-order valence-corrected chi connectivity index (χ1v) is 0.894. The van der Waals surface area contributed by atoms with Crippen LogP contribution < -0.4 is 29.6 Å². The average molecular weight is 228 g/mol. The van der Waals surface area contributed by atoms with Gasteiger partial charge in [0, 0.05) is 0 Å². The van der Waals surface area contributed by atoms with Crippen LogP contribution in [0.1, 0.15) is 0 Å². The van der Waals surface area contributed by atoms with Crippen molar-refractivity contribution in [2.24, 2.45) is 0 Å². The monoisotopic (exact) mass is 229 g/mol. The van der Waals surface area contributed by atoms with Crippen molar-refractivity contribution in [1.82, 2.24) is 0 Å². The zero-order valence-electron chi connectivity index (χ0n) is 5.14. The van der Waals surface area contributed by atoms with Crippen molar-refractivity contribution in [3.8, 4) is 0 Å². The van der Waals surface area contributed by atoms with Crippen molar-refractivity contribution >= 4 is 0 Å². The van der Waals surface area contributed by atoms with E-state index in [4.69, 9.17) is 47.3 Å². The van der Waals surface area contributed by atoms with Crippen molar-refractivity contribution in [3.05, 3.63) is 26.3 Å². The average Bonchev–Trinajstić information content (AvgIpc) is 2.03. The summed E-state index contributed by atoms with van der Waals surface area (Å²) in [5.41, 5.74) is 0. The molecule has 0 aliphatic heterocycles. The molecule has 0 amide bonds. The van der Waals surface area contributed by atoms with Crippen LogP contribution >= 0.6 is 0 Å². The second-order valence-electron chi connectivity index (χ2n) is 0. The van der Waals surface area contributed by atoms with E-state index in [1.807, 2.05) is 0 Å². The number of hydrogen-bond acceptors (Lipinski definition) is 4. The maximum absolute atomic E-state index is 6.25. The topological polar surface area (TPSA) is 95.2 Å². The van der Waals surface area contributed by atoms with Gasteiger partial charge in [0.2, 0.25) is 0 Å². The zero-order valence-corrected chi connectivity index (χ0v) is 8.88. The summed E-state index contributed by atoms with van der Waals surface area (Å²) >= 11 is 0. The van der Waals surface area contributed by atoms with Gasteiger partial charge in [-0.2, -0.15) is 0 Å². The Labute approximate surface area is 95.7 Å². The van der Waals surface area contributed by atoms with Gasteiger partial charge in [-0.1, -0.05) is 0 Å². The summed E-state index contributed by atoms with van der Waals surface area (Å²) in [5.74, 6) is 0. The minimum Gasteiger partial charge on any atom is -0.512 e. The van der Waals surface area contributed by atoms with Gasteiger partial charge in [-0.05, 0) is 0 Å². The summed E-state index contributed by atoms with van der Waals surface area (Å²) in [6, 6.07) is 0. The molecule has 0 saturated heterocycles. The first kappa shape index (κ1) is 55.0. The van der Waals surface area contributed by atoms with E-state index in [9.17, 15) is 0 Å². The van der Waals surface area contributed by atoms with Crippen LogP contribution in [0.3, 0.4) is 0 Å². The fraction of sp³-hybridized carbons (Fsp3) is 0. The van der Waals surface area contributed by atoms with Gasteiger partial charge in [-0.3, -0.25) is 0 Å². The van der Waals surface area contributed by atoms with Gasteiger partial charge in [-0.15, -0.1) is 0 Å². The third kappa shape index (κ3) is 1890. The van der Waals surface area contributed by atoms with Gasteiger partial charge in [0.15, 0.2) is 0 Å². The predicted octanol–water partition coefficient (Wildman–Crippen LogP) is -2.61. The first-order chi connectivity index (χ1) is 4.00. The molecule has 0 fully saturated rings. The summed E-state index contributed by atoms with van der Waals surface area (Å²) in [6.07, 6.45) is 0. The summed E-state index contributed by atoms with van der Waals surface area (Å²) in [6.45, 7) is 19.0. The molecule has 6 heteroatoms. The molecule has 0 aliphatic rings. The SMILES string of the molecule is [C-]#N.[C-]#N.[C-]#N.[C-]#N.[Na+].[Ru+3]. The molecule has 0 atom stereocenters. The van der Waals surface area contributed by atoms with Crippen LogP contribution in [0, 0.1) is 47.3 Å². The summed E-state index contributed by atoms with van der Waals surface area (Å²) < 4.78 is 0. The van der Waals surface area contributed by atoms with Gasteiger partial charge >= 0.3 is 49.0 Å². The Balaban J connectivity index is -0.00000000500. The molecule has 1 radical (unpaired) electrons. The summed E-state index contributed by atoms with van der Waals surface area (Å²) in [7, 11) is 0. The molecule has 4 nitrogen and oxygen atoms in total. The first-order valence-electron chi connectivity index (χ1n) is 0.894. The maximum Gasteiger partial charge on any atom is 3.00 e. The maximum atomic E-state index is 6.25. The van der Waals surface area contributed by atoms with Crippen molar-refractivity contribution in [1.29, 1.82) is 21.0 Å². The number of nitrogens with zero attached hydrogens (tertiary/aromatic N) is 4. The van der Waals surface area contributed by atoms with E-state index in [0.717, 1.165) is 0 Å². The van der Waals surface area contributed by atoms with Crippen molar-refractivity contribution in [2.75, 3.05) is 0 Å². The summed E-state index contributed by atoms with van der Waals surface area (Å²) in [5, 5.41) is 25.0. The molecule has 45 valence electrons. The van der Waals surface area contributed by atoms with Gasteiger partial charge in [0.1, 0.15) is 0 Å². The molecule has 0 aromatic rings. The van der Waals surface area contributed by atoms with Crippen LogP contribution in [0.2, 0.25) is 0 Å². The second-order valence-corrected chi connectivity index (χ2v) is 0. The Bertz CT molecular complexity index is 60.2. The van der Waals surface area contributed by atoms with Crippen LogP contribution in [0.25, 0.3) is 0 Å². The smallest absolute Gasteiger partial charge is 0.512 e. The molecule has 0 heterocycles. The van der Waals surface area contributed by atoms with E-state index in [1.54, 1.807) is 0 Å². The Hall–Kier alpha value is -0.417. The van der Waals surface area contributed by atoms with E-state index in [1.165, 1.54) is 0 Å². The Morgan fingerprint density at radius 2 is 0.500 bits per heavy atom. The van der Waals surface area contributed by atoms with Crippen molar-refractivity contribution in [3.63, 3.8) is 0 Å². The minimum atomic E-state index is 0. The third-order valence-electron chi connectivity index (χ3n) is 0. The Morgan fingerprint density at radius 3 is 0.500 bits per heavy atom. The summed E-state index contributed by atoms with van der Waals surface area (Å²) in [4.78, 5) is 0. The van der Waals surface area contributed by atoms with E-state index in [-0.39, 0.29) is 49.0 Å². The van der Waals surface area contributed by atoms with E-state index < -0.39 is 0 Å². The quantitative estimate of drug-likeness (QED) is 0.335. The molecule has 10 heavy (non-hydrogen) atoms. The van der Waals surface area contributed by atoms with Crippen LogP contribution in [0.5, 0.6) is 0 Å². The molecule has 0 N–H and O–H groups in total. The fourth-order valence-electron chi connectivity index (χ4n) is 0. The molecule has 0 unspecified atom stereocenters. The molecular formula is C4N4NaRu. The zero-order chi connectivity index (χ0) is 8.00. The largest absolute Gasteiger partial charge is 3.00 e. The molecule has 0 aliphatic carbocycles. The van der Waals surface area contributed by atoms with Gasteiger partial charge < -0.3 is 47.3 Å². The molecule has 0 aromatic carbocycles. The van der Waals surface area contributed by atoms with E-state index in [0.29, 0.717) is 0 Å². The van der Waals surface area contributed by atoms with Gasteiger partial charge in [0.05, 0.1) is 0 Å². The van der Waals surface area contributed by atoms with Crippen molar-refractivity contribution in [2.45, 2.75) is 0 Å². The number of rotatable bonds is 0. The second kappa shape index (κ2) is 2840. The third-order valence-corrected chi connectivity index (χ3v) is 0. The van der Waals surface area contributed by atoms with Crippen LogP contribution in [0.15, 0.2) is 0 Å². The standard InChI is InChI=1S/4CN.Na.Ru/c4*1-2;;/q4*-1;+1;+3. The minimum absolute atomic E-state index is 0. The Morgan fingerprint density at radius 1 is 0.500 bits per heavy atom. The van der Waals surface area contributed by atoms with Gasteiger partial charge in [-0.25, -0.2) is 0 Å². The predicted molar refractivity (Wildman–Crippen MR) is 19.9 cm³/mol.